The summed E-state index contributed by atoms with van der Waals surface area (Å²) in [6.07, 6.45) is 5.22. The molecule has 1 fully saturated rings. The summed E-state index contributed by atoms with van der Waals surface area (Å²) >= 11 is 1.33. The molecule has 1 aromatic heterocycles. The fourth-order valence-electron chi connectivity index (χ4n) is 2.95. The molecule has 7 nitrogen and oxygen atoms in total. The van der Waals surface area contributed by atoms with E-state index in [1.165, 1.54) is 24.3 Å². The minimum Gasteiger partial charge on any atom is -0.349 e. The molecule has 0 bridgehead atoms. The summed E-state index contributed by atoms with van der Waals surface area (Å²) in [6, 6.07) is 14.8. The zero-order valence-electron chi connectivity index (χ0n) is 17.4. The third-order valence-corrected chi connectivity index (χ3v) is 5.51. The molecule has 0 aliphatic heterocycles. The Morgan fingerprint density at radius 1 is 1.00 bits per heavy atom. The average molecular weight is 447 g/mol. The second kappa shape index (κ2) is 9.57. The van der Waals surface area contributed by atoms with Gasteiger partial charge in [-0.3, -0.25) is 19.7 Å². The molecule has 0 spiro atoms. The maximum absolute atomic E-state index is 12.2. The topological polar surface area (TPSA) is 100 Å². The summed E-state index contributed by atoms with van der Waals surface area (Å²) in [4.78, 5) is 39.8. The van der Waals surface area contributed by atoms with Gasteiger partial charge in [-0.1, -0.05) is 24.3 Å². The second-order valence-electron chi connectivity index (χ2n) is 7.49. The number of carbonyl (C=O) groups is 3. The summed E-state index contributed by atoms with van der Waals surface area (Å²) in [5.74, 6) is -0.480. The molecule has 8 heteroatoms. The van der Waals surface area contributed by atoms with Crippen molar-refractivity contribution in [2.75, 3.05) is 10.6 Å². The fourth-order valence-corrected chi connectivity index (χ4v) is 3.67. The highest BCUT2D eigenvalue weighted by Gasteiger charge is 2.23. The molecule has 0 radical (unpaired) electrons. The Kier molecular flexibility index (Phi) is 6.42. The van der Waals surface area contributed by atoms with Crippen LogP contribution in [0.2, 0.25) is 0 Å². The molecule has 3 aromatic rings. The van der Waals surface area contributed by atoms with E-state index in [-0.39, 0.29) is 17.7 Å². The van der Waals surface area contributed by atoms with Gasteiger partial charge in [0.05, 0.1) is 5.69 Å². The molecule has 0 atom stereocenters. The van der Waals surface area contributed by atoms with Gasteiger partial charge in [0.1, 0.15) is 0 Å². The molecule has 3 N–H and O–H groups in total. The van der Waals surface area contributed by atoms with Gasteiger partial charge in [0.2, 0.25) is 11.8 Å². The standard InChI is InChI=1S/C24H22N4O3S/c1-15(29)25-19-9-7-17(8-10-19)21-14-32-24(27-21)28-22(30)13-4-16-2-5-18(6-3-16)23(31)26-20-11-12-20/h2-10,13-14,20H,11-12H2,1H3,(H,25,29)(H,26,31)(H,27,28,30)/b13-4+. The number of rotatable bonds is 7. The number of nitrogens with one attached hydrogen (secondary N) is 3. The number of carbonyl (C=O) groups excluding carboxylic acids is 3. The van der Waals surface area contributed by atoms with Crippen molar-refractivity contribution in [1.29, 1.82) is 0 Å². The predicted molar refractivity (Wildman–Crippen MR) is 126 cm³/mol. The smallest absolute Gasteiger partial charge is 0.251 e. The van der Waals surface area contributed by atoms with Crippen molar-refractivity contribution in [3.63, 3.8) is 0 Å². The first-order valence-corrected chi connectivity index (χ1v) is 11.1. The maximum Gasteiger partial charge on any atom is 0.251 e. The SMILES string of the molecule is CC(=O)Nc1ccc(-c2csc(NC(=O)/C=C/c3ccc(C(=O)NC4CC4)cc3)n2)cc1. The van der Waals surface area contributed by atoms with Crippen LogP contribution < -0.4 is 16.0 Å². The van der Waals surface area contributed by atoms with E-state index in [1.807, 2.05) is 17.5 Å². The lowest BCUT2D eigenvalue weighted by atomic mass is 10.1. The zero-order chi connectivity index (χ0) is 22.5. The molecule has 4 rings (SSSR count). The zero-order valence-corrected chi connectivity index (χ0v) is 18.2. The lowest BCUT2D eigenvalue weighted by Gasteiger charge is -2.03. The van der Waals surface area contributed by atoms with Crippen LogP contribution >= 0.6 is 11.3 Å². The number of aromatic nitrogens is 1. The van der Waals surface area contributed by atoms with Gasteiger partial charge in [0, 0.05) is 41.2 Å². The van der Waals surface area contributed by atoms with Crippen LogP contribution in [0.1, 0.15) is 35.7 Å². The molecule has 0 saturated heterocycles. The molecular weight excluding hydrogens is 424 g/mol. The average Bonchev–Trinajstić information content (AvgIpc) is 3.47. The largest absolute Gasteiger partial charge is 0.349 e. The lowest BCUT2D eigenvalue weighted by molar-refractivity contribution is -0.114. The summed E-state index contributed by atoms with van der Waals surface area (Å²) in [5, 5.41) is 10.8. The van der Waals surface area contributed by atoms with Gasteiger partial charge in [-0.05, 0) is 48.7 Å². The Morgan fingerprint density at radius 2 is 1.72 bits per heavy atom. The van der Waals surface area contributed by atoms with Gasteiger partial charge in [0.25, 0.3) is 5.91 Å². The van der Waals surface area contributed by atoms with Gasteiger partial charge in [0.15, 0.2) is 5.13 Å². The number of hydrogen-bond acceptors (Lipinski definition) is 5. The minimum absolute atomic E-state index is 0.0647. The van der Waals surface area contributed by atoms with Gasteiger partial charge in [-0.15, -0.1) is 11.3 Å². The van der Waals surface area contributed by atoms with Gasteiger partial charge >= 0.3 is 0 Å². The molecule has 32 heavy (non-hydrogen) atoms. The molecule has 1 aliphatic rings. The van der Waals surface area contributed by atoms with Crippen LogP contribution in [0, 0.1) is 0 Å². The van der Waals surface area contributed by atoms with Crippen LogP contribution in [-0.4, -0.2) is 28.7 Å². The molecule has 2 aromatic carbocycles. The third-order valence-electron chi connectivity index (χ3n) is 4.75. The van der Waals surface area contributed by atoms with Gasteiger partial charge in [-0.2, -0.15) is 0 Å². The number of benzene rings is 2. The Labute approximate surface area is 189 Å². The van der Waals surface area contributed by atoms with Crippen molar-refractivity contribution in [2.45, 2.75) is 25.8 Å². The van der Waals surface area contributed by atoms with Crippen molar-refractivity contribution in [2.24, 2.45) is 0 Å². The molecule has 0 unspecified atom stereocenters. The van der Waals surface area contributed by atoms with E-state index in [9.17, 15) is 14.4 Å². The van der Waals surface area contributed by atoms with Crippen LogP contribution in [0.4, 0.5) is 10.8 Å². The molecule has 162 valence electrons. The number of nitrogens with zero attached hydrogens (tertiary/aromatic N) is 1. The van der Waals surface area contributed by atoms with Gasteiger partial charge < -0.3 is 10.6 Å². The molecule has 3 amide bonds. The van der Waals surface area contributed by atoms with E-state index in [0.29, 0.717) is 22.4 Å². The first-order valence-electron chi connectivity index (χ1n) is 10.2. The Bertz CT molecular complexity index is 1160. The summed E-state index contributed by atoms with van der Waals surface area (Å²) in [7, 11) is 0. The van der Waals surface area contributed by atoms with Crippen molar-refractivity contribution >= 4 is 46.0 Å². The van der Waals surface area contributed by atoms with E-state index in [1.54, 1.807) is 42.5 Å². The number of amides is 3. The van der Waals surface area contributed by atoms with E-state index < -0.39 is 0 Å². The van der Waals surface area contributed by atoms with Crippen LogP contribution in [0.25, 0.3) is 17.3 Å². The highest BCUT2D eigenvalue weighted by Crippen LogP contribution is 2.26. The molecule has 1 saturated carbocycles. The highest BCUT2D eigenvalue weighted by molar-refractivity contribution is 7.14. The first kappa shape index (κ1) is 21.5. The first-order chi connectivity index (χ1) is 15.5. The Morgan fingerprint density at radius 3 is 2.38 bits per heavy atom. The van der Waals surface area contributed by atoms with Gasteiger partial charge in [-0.25, -0.2) is 4.98 Å². The van der Waals surface area contributed by atoms with Crippen molar-refractivity contribution in [3.05, 3.63) is 71.1 Å². The van der Waals surface area contributed by atoms with Crippen LogP contribution in [0.5, 0.6) is 0 Å². The minimum atomic E-state index is -0.289. The van der Waals surface area contributed by atoms with E-state index >= 15 is 0 Å². The third kappa shape index (κ3) is 5.89. The quantitative estimate of drug-likeness (QED) is 0.471. The van der Waals surface area contributed by atoms with Crippen LogP contribution in [-0.2, 0) is 9.59 Å². The molecule has 1 heterocycles. The van der Waals surface area contributed by atoms with E-state index in [2.05, 4.69) is 20.9 Å². The highest BCUT2D eigenvalue weighted by atomic mass is 32.1. The van der Waals surface area contributed by atoms with Crippen molar-refractivity contribution in [1.82, 2.24) is 10.3 Å². The number of hydrogen-bond donors (Lipinski definition) is 3. The maximum atomic E-state index is 12.2. The van der Waals surface area contributed by atoms with Crippen molar-refractivity contribution < 1.29 is 14.4 Å². The Balaban J connectivity index is 1.32. The molecule has 1 aliphatic carbocycles. The van der Waals surface area contributed by atoms with Crippen molar-refractivity contribution in [3.8, 4) is 11.3 Å². The summed E-state index contributed by atoms with van der Waals surface area (Å²) in [6.45, 7) is 1.46. The van der Waals surface area contributed by atoms with Crippen LogP contribution in [0.3, 0.4) is 0 Å². The summed E-state index contributed by atoms with van der Waals surface area (Å²) < 4.78 is 0. The monoisotopic (exact) mass is 446 g/mol. The predicted octanol–water partition coefficient (Wildman–Crippen LogP) is 4.31. The van der Waals surface area contributed by atoms with E-state index in [4.69, 9.17) is 0 Å². The normalized spacial score (nSPS) is 13.0. The molecular formula is C24H22N4O3S. The summed E-state index contributed by atoms with van der Waals surface area (Å²) in [5.41, 5.74) is 3.77. The number of anilines is 2. The lowest BCUT2D eigenvalue weighted by Crippen LogP contribution is -2.25. The number of thiazole rings is 1. The fraction of sp³-hybridized carbons (Fsp3) is 0.167. The Hall–Kier alpha value is -3.78. The second-order valence-corrected chi connectivity index (χ2v) is 8.35. The van der Waals surface area contributed by atoms with E-state index in [0.717, 1.165) is 29.7 Å². The van der Waals surface area contributed by atoms with Crippen LogP contribution in [0.15, 0.2) is 60.0 Å².